The average Bonchev–Trinajstić information content (AvgIpc) is 2.42. The minimum atomic E-state index is -0.880. The minimum absolute atomic E-state index is 0.530. The molecule has 19 heavy (non-hydrogen) atoms. The predicted octanol–water partition coefficient (Wildman–Crippen LogP) is 2.75. The second-order valence-corrected chi connectivity index (χ2v) is 4.74. The third kappa shape index (κ3) is 2.99. The van der Waals surface area contributed by atoms with Gasteiger partial charge in [0, 0.05) is 10.5 Å². The first-order valence-electron chi connectivity index (χ1n) is 5.59. The van der Waals surface area contributed by atoms with Crippen molar-refractivity contribution < 1.29 is 8.78 Å². The van der Waals surface area contributed by atoms with Gasteiger partial charge in [0.05, 0.1) is 0 Å². The van der Waals surface area contributed by atoms with Gasteiger partial charge in [0.15, 0.2) is 11.6 Å². The summed E-state index contributed by atoms with van der Waals surface area (Å²) in [5, 5.41) is 0.663. The van der Waals surface area contributed by atoms with Crippen LogP contribution in [0.3, 0.4) is 0 Å². The van der Waals surface area contributed by atoms with Crippen LogP contribution in [0.5, 0.6) is 0 Å². The zero-order chi connectivity index (χ0) is 13.8. The third-order valence-electron chi connectivity index (χ3n) is 2.50. The van der Waals surface area contributed by atoms with Crippen LogP contribution in [0.2, 0.25) is 0 Å². The molecule has 1 heterocycles. The molecule has 1 aromatic heterocycles. The zero-order valence-corrected chi connectivity index (χ0v) is 11.0. The van der Waals surface area contributed by atoms with E-state index in [-0.39, 0.29) is 0 Å². The van der Waals surface area contributed by atoms with Crippen LogP contribution in [-0.2, 0) is 6.42 Å². The number of nitrogens with one attached hydrogen (secondary N) is 1. The fourth-order valence-corrected chi connectivity index (χ4v) is 2.56. The number of hydrazine groups is 1. The van der Waals surface area contributed by atoms with Crippen LogP contribution in [0.4, 0.5) is 14.6 Å². The summed E-state index contributed by atoms with van der Waals surface area (Å²) in [4.78, 5) is 8.72. The molecule has 4 nitrogen and oxygen atoms in total. The van der Waals surface area contributed by atoms with E-state index in [4.69, 9.17) is 5.84 Å². The average molecular weight is 282 g/mol. The Morgan fingerprint density at radius 3 is 2.68 bits per heavy atom. The molecule has 0 fully saturated rings. The van der Waals surface area contributed by atoms with Crippen LogP contribution < -0.4 is 11.3 Å². The predicted molar refractivity (Wildman–Crippen MR) is 69.7 cm³/mol. The largest absolute Gasteiger partial charge is 0.308 e. The first kappa shape index (κ1) is 13.7. The summed E-state index contributed by atoms with van der Waals surface area (Å²) < 4.78 is 26.0. The number of benzene rings is 1. The lowest BCUT2D eigenvalue weighted by molar-refractivity contribution is 0.506. The Morgan fingerprint density at radius 2 is 2.05 bits per heavy atom. The highest BCUT2D eigenvalue weighted by atomic mass is 32.2. The molecule has 0 spiro atoms. The molecular formula is C12H12F2N4S. The topological polar surface area (TPSA) is 63.8 Å². The van der Waals surface area contributed by atoms with Crippen LogP contribution in [0, 0.1) is 11.6 Å². The second kappa shape index (κ2) is 5.94. The molecule has 1 aromatic carbocycles. The number of aromatic nitrogens is 2. The summed E-state index contributed by atoms with van der Waals surface area (Å²) in [7, 11) is 0. The van der Waals surface area contributed by atoms with Crippen LogP contribution >= 0.6 is 11.8 Å². The summed E-state index contributed by atoms with van der Waals surface area (Å²) in [6.45, 7) is 1.94. The molecule has 0 bridgehead atoms. The van der Waals surface area contributed by atoms with Crippen molar-refractivity contribution in [3.05, 3.63) is 41.7 Å². The van der Waals surface area contributed by atoms with E-state index in [9.17, 15) is 8.78 Å². The van der Waals surface area contributed by atoms with Crippen molar-refractivity contribution >= 4 is 17.6 Å². The number of nitrogens with two attached hydrogens (primary N) is 1. The van der Waals surface area contributed by atoms with Crippen LogP contribution in [0.25, 0.3) is 0 Å². The third-order valence-corrected chi connectivity index (χ3v) is 3.54. The molecule has 2 rings (SSSR count). The highest BCUT2D eigenvalue weighted by Crippen LogP contribution is 2.31. The van der Waals surface area contributed by atoms with Crippen molar-refractivity contribution in [1.82, 2.24) is 9.97 Å². The zero-order valence-electron chi connectivity index (χ0n) is 10.2. The fourth-order valence-electron chi connectivity index (χ4n) is 1.58. The Balaban J connectivity index is 2.35. The van der Waals surface area contributed by atoms with Crippen LogP contribution in [-0.4, -0.2) is 9.97 Å². The van der Waals surface area contributed by atoms with E-state index in [1.165, 1.54) is 24.2 Å². The molecule has 3 N–H and O–H groups in total. The van der Waals surface area contributed by atoms with Crippen molar-refractivity contribution in [2.24, 2.45) is 5.84 Å². The monoisotopic (exact) mass is 282 g/mol. The molecule has 0 saturated carbocycles. The van der Waals surface area contributed by atoms with Crippen LogP contribution in [0.1, 0.15) is 12.5 Å². The molecular weight excluding hydrogens is 270 g/mol. The van der Waals surface area contributed by atoms with E-state index in [2.05, 4.69) is 15.4 Å². The van der Waals surface area contributed by atoms with Gasteiger partial charge in [-0.3, -0.25) is 0 Å². The smallest absolute Gasteiger partial charge is 0.159 e. The van der Waals surface area contributed by atoms with Gasteiger partial charge >= 0.3 is 0 Å². The molecule has 2 aromatic rings. The highest BCUT2D eigenvalue weighted by molar-refractivity contribution is 7.99. The van der Waals surface area contributed by atoms with Gasteiger partial charge < -0.3 is 5.43 Å². The van der Waals surface area contributed by atoms with Crippen molar-refractivity contribution in [3.8, 4) is 0 Å². The molecule has 0 aliphatic carbocycles. The van der Waals surface area contributed by atoms with Crippen LogP contribution in [0.15, 0.2) is 34.4 Å². The van der Waals surface area contributed by atoms with Gasteiger partial charge in [-0.2, -0.15) is 0 Å². The Labute approximate surface area is 113 Å². The van der Waals surface area contributed by atoms with Gasteiger partial charge in [0.1, 0.15) is 17.2 Å². The fraction of sp³-hybridized carbons (Fsp3) is 0.167. The van der Waals surface area contributed by atoms with E-state index in [0.717, 1.165) is 17.7 Å². The molecule has 0 radical (unpaired) electrons. The lowest BCUT2D eigenvalue weighted by Gasteiger charge is -2.10. The Morgan fingerprint density at radius 1 is 1.26 bits per heavy atom. The number of anilines is 1. The molecule has 0 atom stereocenters. The van der Waals surface area contributed by atoms with Crippen molar-refractivity contribution in [1.29, 1.82) is 0 Å². The van der Waals surface area contributed by atoms with Gasteiger partial charge in [-0.15, -0.1) is 0 Å². The van der Waals surface area contributed by atoms with E-state index in [0.29, 0.717) is 22.2 Å². The molecule has 0 aliphatic heterocycles. The molecule has 0 saturated heterocycles. The van der Waals surface area contributed by atoms with Crippen molar-refractivity contribution in [3.63, 3.8) is 0 Å². The lowest BCUT2D eigenvalue weighted by Crippen LogP contribution is -2.12. The van der Waals surface area contributed by atoms with Gasteiger partial charge in [0.2, 0.25) is 0 Å². The molecule has 0 amide bonds. The van der Waals surface area contributed by atoms with Gasteiger partial charge in [-0.05, 0) is 24.6 Å². The number of halogens is 2. The Kier molecular flexibility index (Phi) is 4.28. The van der Waals surface area contributed by atoms with Gasteiger partial charge in [-0.25, -0.2) is 24.6 Å². The number of hydrogen-bond donors (Lipinski definition) is 2. The SMILES string of the molecule is CCc1c(NN)ncnc1Sc1ccc(F)c(F)c1. The maximum absolute atomic E-state index is 13.2. The summed E-state index contributed by atoms with van der Waals surface area (Å²) in [5.41, 5.74) is 3.33. The summed E-state index contributed by atoms with van der Waals surface area (Å²) in [6.07, 6.45) is 2.04. The molecule has 0 aliphatic rings. The van der Waals surface area contributed by atoms with E-state index < -0.39 is 11.6 Å². The first-order valence-corrected chi connectivity index (χ1v) is 6.40. The summed E-state index contributed by atoms with van der Waals surface area (Å²) in [6, 6.07) is 3.73. The van der Waals surface area contributed by atoms with E-state index in [1.54, 1.807) is 0 Å². The molecule has 7 heteroatoms. The maximum atomic E-state index is 13.2. The lowest BCUT2D eigenvalue weighted by atomic mass is 10.2. The Hall–Kier alpha value is -1.73. The quantitative estimate of drug-likeness (QED) is 0.513. The Bertz CT molecular complexity index is 592. The first-order chi connectivity index (χ1) is 9.15. The molecule has 0 unspecified atom stereocenters. The summed E-state index contributed by atoms with van der Waals surface area (Å²) in [5.74, 6) is 4.15. The normalized spacial score (nSPS) is 10.5. The van der Waals surface area contributed by atoms with Gasteiger partial charge in [-0.1, -0.05) is 18.7 Å². The second-order valence-electron chi connectivity index (χ2n) is 3.68. The van der Waals surface area contributed by atoms with Gasteiger partial charge in [0.25, 0.3) is 0 Å². The number of hydrogen-bond acceptors (Lipinski definition) is 5. The van der Waals surface area contributed by atoms with Crippen molar-refractivity contribution in [2.45, 2.75) is 23.3 Å². The summed E-state index contributed by atoms with van der Waals surface area (Å²) >= 11 is 1.24. The van der Waals surface area contributed by atoms with Crippen molar-refractivity contribution in [2.75, 3.05) is 5.43 Å². The minimum Gasteiger partial charge on any atom is -0.308 e. The standard InChI is InChI=1S/C12H12F2N4S/c1-2-8-11(18-15)16-6-17-12(8)19-7-3-4-9(13)10(14)5-7/h3-6H,2,15H2,1H3,(H,16,17,18). The highest BCUT2D eigenvalue weighted by Gasteiger charge is 2.11. The number of nitrogens with zero attached hydrogens (tertiary/aromatic N) is 2. The number of rotatable bonds is 4. The maximum Gasteiger partial charge on any atom is 0.159 e. The number of nitrogen functional groups attached to an aromatic ring is 1. The molecule has 100 valence electrons. The van der Waals surface area contributed by atoms with E-state index in [1.807, 2.05) is 6.92 Å². The van der Waals surface area contributed by atoms with E-state index >= 15 is 0 Å².